The maximum absolute atomic E-state index is 3.77. The Balaban J connectivity index is 0. The summed E-state index contributed by atoms with van der Waals surface area (Å²) in [6.07, 6.45) is 0.472. The molecule has 3 rings (SSSR count). The number of hydrogen-bond donors (Lipinski definition) is 0. The Labute approximate surface area is 243 Å². The Morgan fingerprint density at radius 1 is 0.500 bits per heavy atom. The van der Waals surface area contributed by atoms with Crippen LogP contribution in [0.1, 0.15) is 75.7 Å². The van der Waals surface area contributed by atoms with Crippen molar-refractivity contribution in [2.45, 2.75) is 89.4 Å². The second-order valence-electron chi connectivity index (χ2n) is 8.89. The van der Waals surface area contributed by atoms with Gasteiger partial charge in [0, 0.05) is 17.1 Å². The quantitative estimate of drug-likeness (QED) is 0.352. The van der Waals surface area contributed by atoms with Crippen LogP contribution in [0.5, 0.6) is 0 Å². The molecule has 0 unspecified atom stereocenters. The second kappa shape index (κ2) is 21.9. The minimum atomic E-state index is 0. The average Bonchev–Trinajstić information content (AvgIpc) is 3.57. The summed E-state index contributed by atoms with van der Waals surface area (Å²) in [5.74, 6) is 0. The smallest absolute Gasteiger partial charge is 0.579 e. The molecule has 0 spiro atoms. The zero-order valence-corrected chi connectivity index (χ0v) is 27.3. The van der Waals surface area contributed by atoms with Crippen molar-refractivity contribution in [3.8, 4) is 0 Å². The summed E-state index contributed by atoms with van der Waals surface area (Å²) >= 11 is 0. The first kappa shape index (κ1) is 38.2. The molecule has 9 nitrogen and oxygen atoms in total. The molecule has 0 aliphatic heterocycles. The predicted octanol–water partition coefficient (Wildman–Crippen LogP) is 4.26. The molecule has 0 saturated carbocycles. The number of rotatable bonds is 9. The Morgan fingerprint density at radius 3 is 0.789 bits per heavy atom. The Hall–Kier alpha value is -1.96. The summed E-state index contributed by atoms with van der Waals surface area (Å²) in [5, 5.41) is 22.6. The number of aromatic nitrogens is 6. The maximum atomic E-state index is 3.77. The van der Waals surface area contributed by atoms with Gasteiger partial charge in [0.25, 0.3) is 0 Å². The van der Waals surface area contributed by atoms with Crippen LogP contribution in [0.15, 0.2) is 18.2 Å². The van der Waals surface area contributed by atoms with Gasteiger partial charge in [0.15, 0.2) is 0 Å². The molecule has 215 valence electrons. The van der Waals surface area contributed by atoms with Gasteiger partial charge in [0.05, 0.1) is 0 Å². The van der Waals surface area contributed by atoms with Gasteiger partial charge in [-0.3, -0.25) is 14.7 Å². The van der Waals surface area contributed by atoms with Crippen molar-refractivity contribution in [2.75, 3.05) is 39.3 Å². The summed E-state index contributed by atoms with van der Waals surface area (Å²) < 4.78 is 0. The fraction of sp³-hybridized carbons (Fsp3) is 0.679. The normalized spacial score (nSPS) is 10.4. The van der Waals surface area contributed by atoms with E-state index in [2.05, 4.69) is 86.8 Å². The van der Waals surface area contributed by atoms with Gasteiger partial charge < -0.3 is 30.6 Å². The molecule has 3 aromatic rings. The minimum absolute atomic E-state index is 0. The monoisotopic (exact) mass is 566 g/mol. The second-order valence-corrected chi connectivity index (χ2v) is 8.89. The standard InChI is InChI=1S/C13H31N3.3C5H7N2.Cr/c1-7-14(8-2)13(15(9-3)10-4)16(11-5)12-6;3*1-4-3-5(2)7-6-4;/h13H,7-12H2,1-6H3;3*3H,1-2H3;/q;3*-1;+3. The summed E-state index contributed by atoms with van der Waals surface area (Å²) in [5.41, 5.74) is 5.99. The number of nitrogens with zero attached hydrogens (tertiary/aromatic N) is 9. The van der Waals surface area contributed by atoms with Gasteiger partial charge >= 0.3 is 17.4 Å². The SMILES string of the molecule is CCN(CC)C(N(CC)CC)N(CC)CC.Cc1cc(C)[n-]n1.Cc1cc(C)[n-]n1.Cc1cc(C)[n-]n1.[Cr+3]. The van der Waals surface area contributed by atoms with Gasteiger partial charge in [-0.1, -0.05) is 80.5 Å². The van der Waals surface area contributed by atoms with Crippen molar-refractivity contribution in [3.63, 3.8) is 0 Å². The molecule has 0 saturated heterocycles. The molecule has 3 aromatic heterocycles. The van der Waals surface area contributed by atoms with E-state index in [4.69, 9.17) is 0 Å². The number of aryl methyl sites for hydroxylation is 6. The van der Waals surface area contributed by atoms with Crippen LogP contribution in [-0.2, 0) is 17.4 Å². The molecule has 0 N–H and O–H groups in total. The van der Waals surface area contributed by atoms with E-state index in [1.807, 2.05) is 59.7 Å². The largest absolute Gasteiger partial charge is 3.00 e. The summed E-state index contributed by atoms with van der Waals surface area (Å²) in [7, 11) is 0. The van der Waals surface area contributed by atoms with E-state index in [1.54, 1.807) is 0 Å². The molecule has 1 radical (unpaired) electrons. The average molecular weight is 567 g/mol. The predicted molar refractivity (Wildman–Crippen MR) is 154 cm³/mol. The van der Waals surface area contributed by atoms with Gasteiger partial charge in [-0.25, -0.2) is 0 Å². The molecule has 0 bridgehead atoms. The van der Waals surface area contributed by atoms with Crippen molar-refractivity contribution < 1.29 is 17.4 Å². The van der Waals surface area contributed by atoms with Crippen LogP contribution in [-0.4, -0.2) is 75.6 Å². The number of hydrogen-bond acceptors (Lipinski definition) is 6. The van der Waals surface area contributed by atoms with E-state index in [-0.39, 0.29) is 17.4 Å². The molecule has 38 heavy (non-hydrogen) atoms. The molecule has 10 heteroatoms. The first-order valence-corrected chi connectivity index (χ1v) is 13.6. The van der Waals surface area contributed by atoms with Crippen LogP contribution in [0, 0.1) is 41.5 Å². The fourth-order valence-corrected chi connectivity index (χ4v) is 3.90. The molecule has 3 heterocycles. The third-order valence-corrected chi connectivity index (χ3v) is 5.77. The third kappa shape index (κ3) is 15.5. The van der Waals surface area contributed by atoms with Crippen LogP contribution in [0.2, 0.25) is 0 Å². The minimum Gasteiger partial charge on any atom is -0.579 e. The fourth-order valence-electron chi connectivity index (χ4n) is 3.90. The zero-order chi connectivity index (χ0) is 28.4. The van der Waals surface area contributed by atoms with E-state index in [0.717, 1.165) is 73.4 Å². The van der Waals surface area contributed by atoms with Gasteiger partial charge in [-0.15, -0.1) is 17.1 Å². The Kier molecular flexibility index (Phi) is 22.0. The topological polar surface area (TPSA) is 90.7 Å². The van der Waals surface area contributed by atoms with Crippen LogP contribution < -0.4 is 15.3 Å². The van der Waals surface area contributed by atoms with Crippen LogP contribution in [0.3, 0.4) is 0 Å². The molecule has 0 amide bonds. The summed E-state index contributed by atoms with van der Waals surface area (Å²) in [4.78, 5) is 7.63. The molecule has 0 aliphatic carbocycles. The van der Waals surface area contributed by atoms with Crippen molar-refractivity contribution in [2.24, 2.45) is 0 Å². The molecule has 0 aliphatic rings. The van der Waals surface area contributed by atoms with E-state index < -0.39 is 0 Å². The summed E-state index contributed by atoms with van der Waals surface area (Å²) in [6, 6.07) is 5.83. The maximum Gasteiger partial charge on any atom is 3.00 e. The van der Waals surface area contributed by atoms with Crippen LogP contribution in [0.4, 0.5) is 0 Å². The van der Waals surface area contributed by atoms with Crippen LogP contribution >= 0.6 is 0 Å². The van der Waals surface area contributed by atoms with Crippen molar-refractivity contribution in [1.29, 1.82) is 0 Å². The molecule has 0 fully saturated rings. The van der Waals surface area contributed by atoms with E-state index >= 15 is 0 Å². The molecular formula is C28H52CrN9. The first-order chi connectivity index (χ1) is 17.6. The van der Waals surface area contributed by atoms with Crippen LogP contribution in [0.25, 0.3) is 0 Å². The van der Waals surface area contributed by atoms with Gasteiger partial charge in [0.2, 0.25) is 0 Å². The van der Waals surface area contributed by atoms with E-state index in [0.29, 0.717) is 6.29 Å². The summed E-state index contributed by atoms with van der Waals surface area (Å²) in [6.45, 7) is 31.8. The third-order valence-electron chi connectivity index (χ3n) is 5.77. The van der Waals surface area contributed by atoms with Crippen molar-refractivity contribution in [3.05, 3.63) is 52.4 Å². The molecule has 0 atom stereocenters. The van der Waals surface area contributed by atoms with Crippen molar-refractivity contribution >= 4 is 0 Å². The van der Waals surface area contributed by atoms with Gasteiger partial charge in [-0.05, 0) is 60.0 Å². The molecular weight excluding hydrogens is 514 g/mol. The Bertz CT molecular complexity index is 753. The van der Waals surface area contributed by atoms with E-state index in [9.17, 15) is 0 Å². The van der Waals surface area contributed by atoms with Crippen molar-refractivity contribution in [1.82, 2.24) is 45.3 Å². The van der Waals surface area contributed by atoms with Gasteiger partial charge in [0.1, 0.15) is 6.29 Å². The molecule has 0 aromatic carbocycles. The first-order valence-electron chi connectivity index (χ1n) is 13.6. The zero-order valence-electron chi connectivity index (χ0n) is 26.0. The van der Waals surface area contributed by atoms with E-state index in [1.165, 1.54) is 0 Å². The van der Waals surface area contributed by atoms with Gasteiger partial charge in [-0.2, -0.15) is 0 Å². The Morgan fingerprint density at radius 2 is 0.711 bits per heavy atom.